The van der Waals surface area contributed by atoms with Gasteiger partial charge in [-0.3, -0.25) is 29.9 Å². The third-order valence-electron chi connectivity index (χ3n) is 26.9. The zero-order chi connectivity index (χ0) is 93.9. The highest BCUT2D eigenvalue weighted by atomic mass is 15.1. The molecule has 0 atom stereocenters. The van der Waals surface area contributed by atoms with Gasteiger partial charge in [0.15, 0.2) is 40.8 Å². The number of hydrogen-bond donors (Lipinski definition) is 0. The Morgan fingerprint density at radius 2 is 0.359 bits per heavy atom. The van der Waals surface area contributed by atoms with Crippen LogP contribution in [0.5, 0.6) is 0 Å². The summed E-state index contributed by atoms with van der Waals surface area (Å²) in [5.74, 6) is 4.03. The van der Waals surface area contributed by atoms with Gasteiger partial charge in [0, 0.05) is 103 Å². The van der Waals surface area contributed by atoms with Crippen molar-refractivity contribution in [3.05, 3.63) is 474 Å². The number of benzene rings is 19. The molecule has 19 aromatic carbocycles. The van der Waals surface area contributed by atoms with Crippen LogP contribution in [0.1, 0.15) is 0 Å². The third kappa shape index (κ3) is 15.5. The molecule has 0 bridgehead atoms. The number of rotatable bonds is 12. The van der Waals surface area contributed by atoms with E-state index in [0.29, 0.717) is 57.9 Å². The Kier molecular flexibility index (Phi) is 20.9. The molecule has 0 unspecified atom stereocenters. The minimum atomic E-state index is 0.511. The van der Waals surface area contributed by atoms with Gasteiger partial charge in [-0.05, 0) is 221 Å². The molecule has 0 fully saturated rings. The summed E-state index contributed by atoms with van der Waals surface area (Å²) in [6, 6.07) is 151. The van der Waals surface area contributed by atoms with Crippen LogP contribution in [-0.4, -0.2) is 69.8 Å². The van der Waals surface area contributed by atoms with Crippen LogP contribution in [-0.2, 0) is 0 Å². The van der Waals surface area contributed by atoms with E-state index in [9.17, 15) is 0 Å². The first kappa shape index (κ1) is 83.2. The summed E-state index contributed by atoms with van der Waals surface area (Å²) >= 11 is 0. The molecule has 0 saturated heterocycles. The average molecular weight is 1810 g/mol. The van der Waals surface area contributed by atoms with Crippen molar-refractivity contribution in [2.24, 2.45) is 0 Å². The van der Waals surface area contributed by atoms with E-state index in [0.717, 1.165) is 165 Å². The van der Waals surface area contributed by atoms with Gasteiger partial charge >= 0.3 is 0 Å². The Balaban J connectivity index is 0.000000110. The standard InChI is InChI=1S/C46H28N4.C45H27N5.C37H23N5/c1-6-16-35-29(11-1)23-24-47-45(35)32-21-22-42(48-28-32)46-49-43(40-25-30-12-2-4-14-33(30)36-17-7-9-19-38(36)40)27-44(50-46)41-26-31-13-3-5-15-34(31)37-18-8-10-20-39(37)41;1-6-16-34-28(11-1)23-24-46-42(34)31-21-22-41(47-27-31)45-49-43(39-25-29-12-2-4-14-32(29)35-17-7-9-19-37(35)39)48-44(50-45)40-26-30-13-3-5-15-33(30)36-18-8-10-20-38(36)40;1-3-10-27-21-29(15-13-24(27)7-1)35-40-36(30-16-14-25-8-2-4-11-28(25)22-30)42-37(41-35)33-18-17-31(23-39-33)34-32-12-6-5-9-26(32)19-20-38-34/h1-28H;1-27H;1-23H. The minimum absolute atomic E-state index is 0.511. The molecule has 0 amide bonds. The van der Waals surface area contributed by atoms with Gasteiger partial charge in [0.05, 0.1) is 28.5 Å². The fraction of sp³-hybridized carbons (Fsp3) is 0. The summed E-state index contributed by atoms with van der Waals surface area (Å²) in [5, 5.41) is 29.9. The highest BCUT2D eigenvalue weighted by Gasteiger charge is 2.24. The topological polar surface area (TPSA) is 180 Å². The predicted molar refractivity (Wildman–Crippen MR) is 581 cm³/mol. The van der Waals surface area contributed by atoms with Gasteiger partial charge in [-0.1, -0.05) is 340 Å². The van der Waals surface area contributed by atoms with E-state index in [-0.39, 0.29) is 0 Å². The van der Waals surface area contributed by atoms with E-state index < -0.39 is 0 Å². The molecule has 0 aliphatic rings. The van der Waals surface area contributed by atoms with Crippen molar-refractivity contribution in [2.45, 2.75) is 0 Å². The third-order valence-corrected chi connectivity index (χ3v) is 26.9. The van der Waals surface area contributed by atoms with Crippen molar-refractivity contribution in [2.75, 3.05) is 0 Å². The van der Waals surface area contributed by atoms with Gasteiger partial charge in [-0.25, -0.2) is 39.9 Å². The second-order valence-corrected chi connectivity index (χ2v) is 35.4. The van der Waals surface area contributed by atoms with Crippen molar-refractivity contribution in [1.82, 2.24) is 69.8 Å². The number of nitrogens with zero attached hydrogens (tertiary/aromatic N) is 14. The molecule has 142 heavy (non-hydrogen) atoms. The Hall–Kier alpha value is -19.4. The van der Waals surface area contributed by atoms with Crippen LogP contribution in [0.15, 0.2) is 474 Å². The molecular formula is C128H78N14. The van der Waals surface area contributed by atoms with Crippen LogP contribution in [0.2, 0.25) is 0 Å². The lowest BCUT2D eigenvalue weighted by Gasteiger charge is -2.15. The van der Waals surface area contributed by atoms with E-state index in [1.807, 2.05) is 140 Å². The molecule has 28 rings (SSSR count). The first-order chi connectivity index (χ1) is 70.3. The summed E-state index contributed by atoms with van der Waals surface area (Å²) in [7, 11) is 0. The molecule has 28 aromatic rings. The molecule has 0 spiro atoms. The maximum atomic E-state index is 5.26. The molecule has 9 aromatic heterocycles. The summed E-state index contributed by atoms with van der Waals surface area (Å²) in [6.07, 6.45) is 11.1. The quantitative estimate of drug-likeness (QED) is 0.105. The molecule has 660 valence electrons. The molecule has 14 nitrogen and oxygen atoms in total. The van der Waals surface area contributed by atoms with Crippen LogP contribution < -0.4 is 0 Å². The lowest BCUT2D eigenvalue weighted by atomic mass is 9.93. The van der Waals surface area contributed by atoms with E-state index >= 15 is 0 Å². The number of aromatic nitrogens is 14. The summed E-state index contributed by atoms with van der Waals surface area (Å²) in [5.41, 5.74) is 15.1. The summed E-state index contributed by atoms with van der Waals surface area (Å²) in [6.45, 7) is 0. The van der Waals surface area contributed by atoms with Gasteiger partial charge in [-0.15, -0.1) is 0 Å². The van der Waals surface area contributed by atoms with E-state index in [1.165, 1.54) is 53.9 Å². The lowest BCUT2D eigenvalue weighted by molar-refractivity contribution is 1.06. The fourth-order valence-corrected chi connectivity index (χ4v) is 20.0. The Labute approximate surface area is 814 Å². The van der Waals surface area contributed by atoms with E-state index in [2.05, 4.69) is 339 Å². The average Bonchev–Trinajstić information content (AvgIpc) is 0.745. The SMILES string of the molecule is c1ccc2c(-c3ccc(-c4nc(-c5cc6ccccc6c6ccccc56)cc(-c5cc6ccccc6c6ccccc56)n4)nc3)nccc2c1.c1ccc2c(-c3ccc(-c4nc(-c5cc6ccccc6c6ccccc56)nc(-c5cc6ccccc6c6ccccc56)n4)nc3)nccc2c1.c1ccc2cc(-c3nc(-c4ccc5ccccc5c4)nc(-c4ccc(-c5nccc6ccccc56)cn4)n3)ccc2c1. The normalized spacial score (nSPS) is 11.5. The molecule has 0 aliphatic carbocycles. The minimum Gasteiger partial charge on any atom is -0.256 e. The van der Waals surface area contributed by atoms with Crippen molar-refractivity contribution >= 4 is 140 Å². The van der Waals surface area contributed by atoms with Gasteiger partial charge in [0.1, 0.15) is 17.1 Å². The van der Waals surface area contributed by atoms with Gasteiger partial charge in [0.2, 0.25) is 0 Å². The van der Waals surface area contributed by atoms with Crippen LogP contribution in [0.25, 0.3) is 276 Å². The number of hydrogen-bond acceptors (Lipinski definition) is 14. The van der Waals surface area contributed by atoms with Crippen LogP contribution in [0.4, 0.5) is 0 Å². The zero-order valence-electron chi connectivity index (χ0n) is 76.3. The second-order valence-electron chi connectivity index (χ2n) is 35.4. The first-order valence-corrected chi connectivity index (χ1v) is 47.3. The molecule has 0 radical (unpaired) electrons. The van der Waals surface area contributed by atoms with Gasteiger partial charge in [0.25, 0.3) is 0 Å². The van der Waals surface area contributed by atoms with Crippen molar-refractivity contribution in [3.63, 3.8) is 0 Å². The number of fused-ring (bicyclic) bond motifs is 17. The summed E-state index contributed by atoms with van der Waals surface area (Å²) < 4.78 is 0. The van der Waals surface area contributed by atoms with E-state index in [4.69, 9.17) is 64.8 Å². The highest BCUT2D eigenvalue weighted by molar-refractivity contribution is 6.18. The lowest BCUT2D eigenvalue weighted by Crippen LogP contribution is -2.02. The van der Waals surface area contributed by atoms with E-state index in [1.54, 1.807) is 0 Å². The monoisotopic (exact) mass is 1810 g/mol. The highest BCUT2D eigenvalue weighted by Crippen LogP contribution is 2.44. The molecule has 9 heterocycles. The zero-order valence-corrected chi connectivity index (χ0v) is 76.3. The van der Waals surface area contributed by atoms with Crippen molar-refractivity contribution in [1.29, 1.82) is 0 Å². The van der Waals surface area contributed by atoms with Crippen molar-refractivity contribution in [3.8, 4) is 136 Å². The van der Waals surface area contributed by atoms with Crippen LogP contribution in [0.3, 0.4) is 0 Å². The molecule has 0 saturated carbocycles. The smallest absolute Gasteiger partial charge is 0.182 e. The maximum Gasteiger partial charge on any atom is 0.182 e. The molecule has 0 N–H and O–H groups in total. The van der Waals surface area contributed by atoms with Crippen LogP contribution in [0, 0.1) is 0 Å². The first-order valence-electron chi connectivity index (χ1n) is 47.3. The maximum absolute atomic E-state index is 5.26. The van der Waals surface area contributed by atoms with Crippen LogP contribution >= 0.6 is 0 Å². The second kappa shape index (κ2) is 35.7. The molecule has 14 heteroatoms. The largest absolute Gasteiger partial charge is 0.256 e. The fourth-order valence-electron chi connectivity index (χ4n) is 20.0. The molecule has 0 aliphatic heterocycles. The van der Waals surface area contributed by atoms with Crippen molar-refractivity contribution < 1.29 is 0 Å². The predicted octanol–water partition coefficient (Wildman–Crippen LogP) is 31.6. The van der Waals surface area contributed by atoms with Gasteiger partial charge < -0.3 is 0 Å². The Bertz CT molecular complexity index is 9120. The Morgan fingerprint density at radius 3 is 0.683 bits per heavy atom. The number of pyridine rings is 6. The molecular weight excluding hydrogens is 1730 g/mol. The van der Waals surface area contributed by atoms with Gasteiger partial charge in [-0.2, -0.15) is 0 Å². The Morgan fingerprint density at radius 1 is 0.120 bits per heavy atom. The summed E-state index contributed by atoms with van der Waals surface area (Å²) in [4.78, 5) is 69.7.